The third kappa shape index (κ3) is 4.13. The molecule has 5 rings (SSSR count). The highest BCUT2D eigenvalue weighted by Gasteiger charge is 2.28. The molecule has 7 heteroatoms. The van der Waals surface area contributed by atoms with E-state index in [0.29, 0.717) is 35.1 Å². The van der Waals surface area contributed by atoms with Crippen molar-refractivity contribution >= 4 is 40.1 Å². The highest BCUT2D eigenvalue weighted by Crippen LogP contribution is 2.37. The Labute approximate surface area is 188 Å². The fourth-order valence-electron chi connectivity index (χ4n) is 4.01. The maximum Gasteiger partial charge on any atom is 0.339 e. The highest BCUT2D eigenvalue weighted by molar-refractivity contribution is 6.07. The number of nitrogens with zero attached hydrogens (tertiary/aromatic N) is 1. The lowest BCUT2D eigenvalue weighted by atomic mass is 10.0. The molecule has 0 saturated heterocycles. The van der Waals surface area contributed by atoms with E-state index in [-0.39, 0.29) is 5.69 Å². The summed E-state index contributed by atoms with van der Waals surface area (Å²) in [6.45, 7) is -0.534. The molecular weight excluding hydrogens is 423 g/mol. The average Bonchev–Trinajstić information content (AvgIpc) is 3.48. The summed E-state index contributed by atoms with van der Waals surface area (Å²) < 4.78 is 24.5. The van der Waals surface area contributed by atoms with Gasteiger partial charge in [-0.05, 0) is 60.4 Å². The number of ether oxygens (including phenoxy) is 1. The minimum atomic E-state index is -0.623. The molecule has 0 atom stereocenters. The van der Waals surface area contributed by atoms with Crippen LogP contribution in [0, 0.1) is 5.82 Å². The summed E-state index contributed by atoms with van der Waals surface area (Å²) in [7, 11) is 0. The lowest BCUT2D eigenvalue weighted by Gasteiger charge is -2.12. The van der Waals surface area contributed by atoms with Crippen molar-refractivity contribution in [2.75, 3.05) is 11.9 Å². The number of benzene rings is 2. The molecule has 2 heterocycles. The second kappa shape index (κ2) is 8.70. The fourth-order valence-corrected chi connectivity index (χ4v) is 4.01. The first kappa shape index (κ1) is 20.6. The number of fused-ring (bicyclic) bond motifs is 2. The van der Waals surface area contributed by atoms with Crippen LogP contribution in [0.2, 0.25) is 0 Å². The van der Waals surface area contributed by atoms with E-state index in [1.807, 2.05) is 42.5 Å². The Kier molecular flexibility index (Phi) is 5.44. The second-order valence-corrected chi connectivity index (χ2v) is 7.62. The van der Waals surface area contributed by atoms with E-state index in [0.717, 1.165) is 16.8 Å². The molecule has 0 unspecified atom stereocenters. The molecule has 0 spiro atoms. The summed E-state index contributed by atoms with van der Waals surface area (Å²) in [4.78, 5) is 30.1. The Balaban J connectivity index is 1.43. The van der Waals surface area contributed by atoms with Crippen molar-refractivity contribution in [1.29, 1.82) is 0 Å². The predicted octanol–water partition coefficient (Wildman–Crippen LogP) is 5.25. The summed E-state index contributed by atoms with van der Waals surface area (Å²) in [5.41, 5.74) is 3.57. The van der Waals surface area contributed by atoms with Crippen molar-refractivity contribution in [1.82, 2.24) is 4.98 Å². The van der Waals surface area contributed by atoms with Gasteiger partial charge in [0.1, 0.15) is 11.6 Å². The van der Waals surface area contributed by atoms with Crippen LogP contribution >= 0.6 is 0 Å². The summed E-state index contributed by atoms with van der Waals surface area (Å²) in [5.74, 6) is -1.10. The number of halogens is 1. The number of anilines is 1. The van der Waals surface area contributed by atoms with Crippen molar-refractivity contribution in [3.8, 4) is 0 Å². The van der Waals surface area contributed by atoms with Gasteiger partial charge in [0.25, 0.3) is 5.91 Å². The topological polar surface area (TPSA) is 81.4 Å². The normalized spacial score (nSPS) is 13.8. The second-order valence-electron chi connectivity index (χ2n) is 7.62. The number of allylic oxidation sites excluding steroid dienone is 1. The monoisotopic (exact) mass is 442 g/mol. The van der Waals surface area contributed by atoms with Gasteiger partial charge in [-0.15, -0.1) is 0 Å². The smallest absolute Gasteiger partial charge is 0.339 e. The van der Waals surface area contributed by atoms with E-state index >= 15 is 0 Å². The maximum absolute atomic E-state index is 13.8. The largest absolute Gasteiger partial charge is 0.465 e. The van der Waals surface area contributed by atoms with E-state index in [9.17, 15) is 14.0 Å². The van der Waals surface area contributed by atoms with E-state index in [1.165, 1.54) is 18.2 Å². The zero-order valence-electron chi connectivity index (χ0n) is 17.5. The molecule has 1 N–H and O–H groups in total. The maximum atomic E-state index is 13.8. The van der Waals surface area contributed by atoms with Gasteiger partial charge >= 0.3 is 5.97 Å². The van der Waals surface area contributed by atoms with Gasteiger partial charge in [-0.3, -0.25) is 4.79 Å². The van der Waals surface area contributed by atoms with Crippen LogP contribution < -0.4 is 5.32 Å². The van der Waals surface area contributed by atoms with E-state index in [4.69, 9.17) is 14.1 Å². The number of nitrogens with one attached hydrogen (secondary N) is 1. The van der Waals surface area contributed by atoms with Crippen LogP contribution in [0.1, 0.15) is 33.8 Å². The minimum Gasteiger partial charge on any atom is -0.465 e. The van der Waals surface area contributed by atoms with Crippen LogP contribution in [0.15, 0.2) is 71.3 Å². The molecule has 0 radical (unpaired) electrons. The lowest BCUT2D eigenvalue weighted by molar-refractivity contribution is -0.119. The van der Waals surface area contributed by atoms with Gasteiger partial charge in [0, 0.05) is 5.39 Å². The summed E-state index contributed by atoms with van der Waals surface area (Å²) >= 11 is 0. The third-order valence-corrected chi connectivity index (χ3v) is 5.49. The number of esters is 1. The molecule has 1 aliphatic carbocycles. The van der Waals surface area contributed by atoms with Crippen molar-refractivity contribution in [2.45, 2.75) is 12.8 Å². The Bertz CT molecular complexity index is 1390. The number of pyridine rings is 1. The number of carbonyl (C=O) groups is 2. The molecule has 0 aliphatic heterocycles. The number of rotatable bonds is 5. The Morgan fingerprint density at radius 3 is 2.70 bits per heavy atom. The van der Waals surface area contributed by atoms with Gasteiger partial charge < -0.3 is 14.5 Å². The zero-order chi connectivity index (χ0) is 22.8. The van der Waals surface area contributed by atoms with Crippen molar-refractivity contribution in [2.24, 2.45) is 0 Å². The number of aromatic nitrogens is 1. The number of amides is 1. The molecule has 0 saturated carbocycles. The van der Waals surface area contributed by atoms with E-state index in [1.54, 1.807) is 12.3 Å². The number of hydrogen-bond donors (Lipinski definition) is 1. The first-order valence-electron chi connectivity index (χ1n) is 10.5. The quantitative estimate of drug-likeness (QED) is 0.427. The summed E-state index contributed by atoms with van der Waals surface area (Å²) in [5, 5.41) is 3.08. The van der Waals surface area contributed by atoms with E-state index < -0.39 is 24.3 Å². The third-order valence-electron chi connectivity index (χ3n) is 5.49. The molecule has 6 nitrogen and oxygen atoms in total. The molecule has 33 heavy (non-hydrogen) atoms. The lowest BCUT2D eigenvalue weighted by Crippen LogP contribution is -2.22. The Hall–Kier alpha value is -4.26. The number of furan rings is 1. The molecule has 2 aromatic carbocycles. The number of carbonyl (C=O) groups excluding carboxylic acids is 2. The average molecular weight is 442 g/mol. The van der Waals surface area contributed by atoms with Crippen LogP contribution in [0.5, 0.6) is 0 Å². The van der Waals surface area contributed by atoms with Gasteiger partial charge in [0.2, 0.25) is 0 Å². The molecule has 1 amide bonds. The predicted molar refractivity (Wildman–Crippen MR) is 122 cm³/mol. The van der Waals surface area contributed by atoms with Crippen LogP contribution in [-0.4, -0.2) is 23.5 Å². The van der Waals surface area contributed by atoms with Crippen LogP contribution in [0.3, 0.4) is 0 Å². The molecule has 4 aromatic rings. The summed E-state index contributed by atoms with van der Waals surface area (Å²) in [6, 6.07) is 16.8. The zero-order valence-corrected chi connectivity index (χ0v) is 17.5. The van der Waals surface area contributed by atoms with Crippen LogP contribution in [-0.2, 0) is 16.0 Å². The van der Waals surface area contributed by atoms with Crippen molar-refractivity contribution in [3.63, 3.8) is 0 Å². The highest BCUT2D eigenvalue weighted by atomic mass is 19.1. The van der Waals surface area contributed by atoms with Gasteiger partial charge in [0.05, 0.1) is 28.7 Å². The Morgan fingerprint density at radius 1 is 1.06 bits per heavy atom. The molecule has 164 valence electrons. The first-order chi connectivity index (χ1) is 16.1. The van der Waals surface area contributed by atoms with Crippen molar-refractivity contribution in [3.05, 3.63) is 95.3 Å². The molecule has 1 aliphatic rings. The fraction of sp³-hybridized carbons (Fsp3) is 0.115. The van der Waals surface area contributed by atoms with Crippen molar-refractivity contribution < 1.29 is 23.1 Å². The number of para-hydroxylation sites is 2. The molecule has 2 aromatic heterocycles. The van der Waals surface area contributed by atoms with Crippen LogP contribution in [0.25, 0.3) is 22.6 Å². The van der Waals surface area contributed by atoms with Gasteiger partial charge in [-0.1, -0.05) is 30.3 Å². The molecule has 0 fully saturated rings. The summed E-state index contributed by atoms with van der Waals surface area (Å²) in [6.07, 6.45) is 4.84. The standard InChI is InChI=1S/C26H19FN2O4/c27-20-8-2-4-10-22(20)28-23(30)15-33-26(31)24-18-7-1-3-9-21(18)29-25-16(11-12-19(24)25)14-17-6-5-13-32-17/h1-10,13-14H,11-12,15H2,(H,28,30). The van der Waals surface area contributed by atoms with Gasteiger partial charge in [-0.2, -0.15) is 0 Å². The SMILES string of the molecule is O=C(COC(=O)c1c2c(nc3ccccc13)C(=Cc1ccco1)CC2)Nc1ccccc1F. The van der Waals surface area contributed by atoms with Gasteiger partial charge in [-0.25, -0.2) is 14.2 Å². The van der Waals surface area contributed by atoms with E-state index in [2.05, 4.69) is 5.32 Å². The van der Waals surface area contributed by atoms with Crippen LogP contribution in [0.4, 0.5) is 10.1 Å². The molecule has 0 bridgehead atoms. The number of hydrogen-bond acceptors (Lipinski definition) is 5. The van der Waals surface area contributed by atoms with Gasteiger partial charge in [0.15, 0.2) is 6.61 Å². The minimum absolute atomic E-state index is 0.0292. The Morgan fingerprint density at radius 2 is 1.88 bits per heavy atom. The first-order valence-corrected chi connectivity index (χ1v) is 10.5. The molecular formula is C26H19FN2O4.